The summed E-state index contributed by atoms with van der Waals surface area (Å²) in [6.45, 7) is 4.43. The van der Waals surface area contributed by atoms with E-state index in [1.54, 1.807) is 24.3 Å². The Morgan fingerprint density at radius 3 is 2.68 bits per heavy atom. The number of aryl methyl sites for hydroxylation is 1. The number of carbonyl (C=O) groups is 2. The number of nitrogens with one attached hydrogen (secondary N) is 3. The first-order valence-corrected chi connectivity index (χ1v) is 9.84. The van der Waals surface area contributed by atoms with Crippen molar-refractivity contribution in [3.8, 4) is 11.4 Å². The summed E-state index contributed by atoms with van der Waals surface area (Å²) in [7, 11) is 0. The highest BCUT2D eigenvalue weighted by atomic mass is 32.2. The van der Waals surface area contributed by atoms with Crippen LogP contribution in [-0.4, -0.2) is 39.3 Å². The fourth-order valence-corrected chi connectivity index (χ4v) is 3.08. The van der Waals surface area contributed by atoms with Gasteiger partial charge in [0.1, 0.15) is 0 Å². The lowest BCUT2D eigenvalue weighted by Gasteiger charge is -2.07. The minimum atomic E-state index is -0.195. The number of amides is 2. The summed E-state index contributed by atoms with van der Waals surface area (Å²) in [6.07, 6.45) is 0. The first kappa shape index (κ1) is 19.6. The molecule has 0 spiro atoms. The van der Waals surface area contributed by atoms with Crippen LogP contribution in [0.25, 0.3) is 11.4 Å². The number of benzene rings is 2. The molecule has 0 aliphatic heterocycles. The normalized spacial score (nSPS) is 10.5. The third kappa shape index (κ3) is 5.20. The van der Waals surface area contributed by atoms with E-state index in [0.717, 1.165) is 5.56 Å². The van der Waals surface area contributed by atoms with Gasteiger partial charge in [-0.15, -0.1) is 5.10 Å². The van der Waals surface area contributed by atoms with Crippen LogP contribution in [-0.2, 0) is 4.79 Å². The summed E-state index contributed by atoms with van der Waals surface area (Å²) in [4.78, 5) is 28.5. The zero-order valence-electron chi connectivity index (χ0n) is 15.7. The monoisotopic (exact) mass is 395 g/mol. The Morgan fingerprint density at radius 2 is 1.93 bits per heavy atom. The van der Waals surface area contributed by atoms with E-state index in [-0.39, 0.29) is 17.6 Å². The van der Waals surface area contributed by atoms with Crippen LogP contribution in [0.5, 0.6) is 0 Å². The Bertz CT molecular complexity index is 969. The highest BCUT2D eigenvalue weighted by Gasteiger charge is 2.10. The van der Waals surface area contributed by atoms with Crippen molar-refractivity contribution in [3.05, 3.63) is 59.7 Å². The maximum Gasteiger partial charge on any atom is 0.251 e. The van der Waals surface area contributed by atoms with E-state index in [1.165, 1.54) is 17.3 Å². The molecule has 1 aromatic heterocycles. The summed E-state index contributed by atoms with van der Waals surface area (Å²) in [5, 5.41) is 13.1. The average Bonchev–Trinajstić information content (AvgIpc) is 3.16. The molecule has 3 rings (SSSR count). The number of carbonyl (C=O) groups excluding carboxylic acids is 2. The Kier molecular flexibility index (Phi) is 6.44. The molecular formula is C20H21N5O2S. The molecule has 0 radical (unpaired) electrons. The van der Waals surface area contributed by atoms with Gasteiger partial charge in [0.15, 0.2) is 5.82 Å². The Morgan fingerprint density at radius 1 is 1.14 bits per heavy atom. The lowest BCUT2D eigenvalue weighted by molar-refractivity contribution is -0.113. The van der Waals surface area contributed by atoms with Crippen LogP contribution in [0, 0.1) is 6.92 Å². The number of anilines is 1. The van der Waals surface area contributed by atoms with Crippen molar-refractivity contribution >= 4 is 29.3 Å². The van der Waals surface area contributed by atoms with Gasteiger partial charge in [-0.05, 0) is 32.0 Å². The molecule has 0 saturated carbocycles. The van der Waals surface area contributed by atoms with E-state index in [4.69, 9.17) is 0 Å². The van der Waals surface area contributed by atoms with Gasteiger partial charge in [0.25, 0.3) is 5.91 Å². The van der Waals surface area contributed by atoms with E-state index in [2.05, 4.69) is 25.8 Å². The van der Waals surface area contributed by atoms with Gasteiger partial charge < -0.3 is 10.6 Å². The largest absolute Gasteiger partial charge is 0.352 e. The van der Waals surface area contributed by atoms with Gasteiger partial charge in [0, 0.05) is 23.4 Å². The van der Waals surface area contributed by atoms with E-state index in [1.807, 2.05) is 38.1 Å². The predicted molar refractivity (Wildman–Crippen MR) is 110 cm³/mol. The lowest BCUT2D eigenvalue weighted by atomic mass is 10.1. The van der Waals surface area contributed by atoms with Crippen molar-refractivity contribution in [1.29, 1.82) is 0 Å². The number of thioether (sulfide) groups is 1. The molecular weight excluding hydrogens is 374 g/mol. The summed E-state index contributed by atoms with van der Waals surface area (Å²) >= 11 is 1.24. The molecule has 0 atom stereocenters. The van der Waals surface area contributed by atoms with Crippen LogP contribution >= 0.6 is 11.8 Å². The minimum absolute atomic E-state index is 0.163. The molecule has 144 valence electrons. The molecule has 3 N–H and O–H groups in total. The van der Waals surface area contributed by atoms with Gasteiger partial charge >= 0.3 is 0 Å². The fourth-order valence-electron chi connectivity index (χ4n) is 2.48. The number of nitrogens with zero attached hydrogens (tertiary/aromatic N) is 2. The molecule has 0 saturated heterocycles. The molecule has 0 aliphatic rings. The summed E-state index contributed by atoms with van der Waals surface area (Å²) in [6, 6.07) is 14.8. The third-order valence-electron chi connectivity index (χ3n) is 3.87. The molecule has 0 aliphatic carbocycles. The summed E-state index contributed by atoms with van der Waals surface area (Å²) in [5.41, 5.74) is 3.19. The minimum Gasteiger partial charge on any atom is -0.352 e. The molecule has 1 heterocycles. The maximum atomic E-state index is 12.2. The summed E-state index contributed by atoms with van der Waals surface area (Å²) in [5.74, 6) is 0.464. The number of H-pyrrole nitrogens is 1. The van der Waals surface area contributed by atoms with Crippen LogP contribution in [0.2, 0.25) is 0 Å². The zero-order valence-corrected chi connectivity index (χ0v) is 16.5. The van der Waals surface area contributed by atoms with Crippen molar-refractivity contribution in [2.45, 2.75) is 19.0 Å². The van der Waals surface area contributed by atoms with Crippen molar-refractivity contribution in [1.82, 2.24) is 20.5 Å². The van der Waals surface area contributed by atoms with Crippen LogP contribution in [0.4, 0.5) is 5.69 Å². The van der Waals surface area contributed by atoms with Crippen LogP contribution in [0.15, 0.2) is 53.7 Å². The van der Waals surface area contributed by atoms with Crippen molar-refractivity contribution in [2.24, 2.45) is 0 Å². The second-order valence-electron chi connectivity index (χ2n) is 6.11. The number of hydrogen-bond donors (Lipinski definition) is 3. The van der Waals surface area contributed by atoms with E-state index < -0.39 is 0 Å². The van der Waals surface area contributed by atoms with E-state index in [0.29, 0.717) is 28.8 Å². The van der Waals surface area contributed by atoms with Gasteiger partial charge in [0.2, 0.25) is 11.1 Å². The van der Waals surface area contributed by atoms with Gasteiger partial charge in [-0.3, -0.25) is 14.7 Å². The highest BCUT2D eigenvalue weighted by Crippen LogP contribution is 2.20. The second-order valence-corrected chi connectivity index (χ2v) is 7.05. The zero-order chi connectivity index (χ0) is 19.9. The number of aromatic nitrogens is 3. The number of rotatable bonds is 7. The molecule has 0 unspecified atom stereocenters. The average molecular weight is 395 g/mol. The molecule has 0 bridgehead atoms. The SMILES string of the molecule is CCNC(=O)c1cccc(NC(=O)CSc2n[nH]c(-c3ccc(C)cc3)n2)c1. The van der Waals surface area contributed by atoms with Crippen LogP contribution in [0.1, 0.15) is 22.8 Å². The summed E-state index contributed by atoms with van der Waals surface area (Å²) < 4.78 is 0. The quantitative estimate of drug-likeness (QED) is 0.533. The van der Waals surface area contributed by atoms with E-state index in [9.17, 15) is 9.59 Å². The molecule has 3 aromatic rings. The fraction of sp³-hybridized carbons (Fsp3) is 0.200. The lowest BCUT2D eigenvalue weighted by Crippen LogP contribution is -2.23. The molecule has 0 fully saturated rings. The molecule has 2 amide bonds. The first-order valence-electron chi connectivity index (χ1n) is 8.85. The van der Waals surface area contributed by atoms with Gasteiger partial charge in [-0.1, -0.05) is 47.7 Å². The number of aromatic amines is 1. The molecule has 8 heteroatoms. The maximum absolute atomic E-state index is 12.2. The second kappa shape index (κ2) is 9.18. The Hall–Kier alpha value is -3.13. The smallest absolute Gasteiger partial charge is 0.251 e. The van der Waals surface area contributed by atoms with Gasteiger partial charge in [-0.25, -0.2) is 4.98 Å². The van der Waals surface area contributed by atoms with Crippen LogP contribution in [0.3, 0.4) is 0 Å². The van der Waals surface area contributed by atoms with Crippen LogP contribution < -0.4 is 10.6 Å². The standard InChI is InChI=1S/C20H21N5O2S/c1-3-21-19(27)15-5-4-6-16(11-15)22-17(26)12-28-20-23-18(24-25-20)14-9-7-13(2)8-10-14/h4-11H,3,12H2,1-2H3,(H,21,27)(H,22,26)(H,23,24,25). The van der Waals surface area contributed by atoms with Crippen molar-refractivity contribution < 1.29 is 9.59 Å². The molecule has 7 nitrogen and oxygen atoms in total. The van der Waals surface area contributed by atoms with Crippen molar-refractivity contribution in [2.75, 3.05) is 17.6 Å². The highest BCUT2D eigenvalue weighted by molar-refractivity contribution is 7.99. The molecule has 28 heavy (non-hydrogen) atoms. The first-order chi connectivity index (χ1) is 13.5. The number of hydrogen-bond acceptors (Lipinski definition) is 5. The Labute approximate surface area is 167 Å². The topological polar surface area (TPSA) is 99.8 Å². The van der Waals surface area contributed by atoms with E-state index >= 15 is 0 Å². The third-order valence-corrected chi connectivity index (χ3v) is 4.72. The van der Waals surface area contributed by atoms with Gasteiger partial charge in [0.05, 0.1) is 5.75 Å². The Balaban J connectivity index is 1.56. The predicted octanol–water partition coefficient (Wildman–Crippen LogP) is 3.26. The van der Waals surface area contributed by atoms with Crippen molar-refractivity contribution in [3.63, 3.8) is 0 Å². The van der Waals surface area contributed by atoms with Gasteiger partial charge in [-0.2, -0.15) is 0 Å². The molecule has 2 aromatic carbocycles.